The quantitative estimate of drug-likeness (QED) is 0.158. The maximum atomic E-state index is 11.9. The first kappa shape index (κ1) is 31.4. The number of hydrogen-bond donors (Lipinski definition) is 2. The van der Waals surface area contributed by atoms with E-state index in [9.17, 15) is 14.7 Å². The molecule has 0 radical (unpaired) electrons. The van der Waals surface area contributed by atoms with E-state index in [0.717, 1.165) is 27.8 Å². The van der Waals surface area contributed by atoms with Crippen molar-refractivity contribution in [3.8, 4) is 28.1 Å². The van der Waals surface area contributed by atoms with E-state index in [2.05, 4.69) is 5.32 Å². The molecular formula is C35H29Cl2N3O5. The zero-order valence-electron chi connectivity index (χ0n) is 24.5. The second-order valence-corrected chi connectivity index (χ2v) is 10.8. The van der Waals surface area contributed by atoms with Crippen LogP contribution in [0.2, 0.25) is 10.0 Å². The Hall–Kier alpha value is -5.05. The van der Waals surface area contributed by atoms with E-state index in [0.29, 0.717) is 39.5 Å². The molecule has 45 heavy (non-hydrogen) atoms. The average molecular weight is 643 g/mol. The normalized spacial score (nSPS) is 11.0. The third-order valence-corrected chi connectivity index (χ3v) is 7.50. The number of carbonyl (C=O) groups excluding carboxylic acids is 1. The molecule has 0 saturated heterocycles. The topological polar surface area (TPSA) is 103 Å². The van der Waals surface area contributed by atoms with E-state index in [1.54, 1.807) is 56.5 Å². The van der Waals surface area contributed by atoms with Crippen molar-refractivity contribution in [2.75, 3.05) is 19.0 Å². The number of nitrogens with one attached hydrogen (secondary N) is 1. The van der Waals surface area contributed by atoms with Gasteiger partial charge in [-0.05, 0) is 77.7 Å². The lowest BCUT2D eigenvalue weighted by Crippen LogP contribution is -2.13. The molecule has 8 nitrogen and oxygen atoms in total. The molecule has 0 aliphatic rings. The lowest BCUT2D eigenvalue weighted by Gasteiger charge is -2.12. The van der Waals surface area contributed by atoms with Crippen LogP contribution in [-0.4, -0.2) is 40.4 Å². The number of benzene rings is 4. The molecule has 0 bridgehead atoms. The van der Waals surface area contributed by atoms with Crippen LogP contribution < -0.4 is 10.1 Å². The Kier molecular flexibility index (Phi) is 9.87. The number of aromatic nitrogens is 2. The summed E-state index contributed by atoms with van der Waals surface area (Å²) in [5.41, 5.74) is 5.95. The first-order valence-electron chi connectivity index (χ1n) is 14.0. The first-order chi connectivity index (χ1) is 21.7. The standard InChI is InChI=1S/C35H29Cl2N3O5/c1-3-45-35(43)39-30-16-13-26(18-32(30)44-2)24-9-4-22(5-10-24)8-17-33-38-31(28-15-14-27(36)19-29(28)37)21-40(33)20-23-6-11-25(12-7-23)34(41)42/h4-19,21H,3,20H2,1-2H3,(H,39,43)(H,41,42). The van der Waals surface area contributed by atoms with Crippen molar-refractivity contribution in [1.82, 2.24) is 9.55 Å². The summed E-state index contributed by atoms with van der Waals surface area (Å²) in [6.45, 7) is 2.49. The van der Waals surface area contributed by atoms with Crippen LogP contribution in [0.1, 0.15) is 34.2 Å². The fourth-order valence-corrected chi connectivity index (χ4v) is 5.18. The van der Waals surface area contributed by atoms with E-state index < -0.39 is 12.1 Å². The summed E-state index contributed by atoms with van der Waals surface area (Å²) in [6.07, 6.45) is 5.26. The van der Waals surface area contributed by atoms with Gasteiger partial charge in [-0.1, -0.05) is 71.7 Å². The second kappa shape index (κ2) is 14.2. The van der Waals surface area contributed by atoms with Gasteiger partial charge in [0.2, 0.25) is 0 Å². The summed E-state index contributed by atoms with van der Waals surface area (Å²) in [5.74, 6) is 0.239. The molecular weight excluding hydrogens is 613 g/mol. The number of carbonyl (C=O) groups is 2. The fraction of sp³-hybridized carbons (Fsp3) is 0.114. The van der Waals surface area contributed by atoms with Crippen LogP contribution >= 0.6 is 23.2 Å². The van der Waals surface area contributed by atoms with Gasteiger partial charge in [-0.2, -0.15) is 0 Å². The molecule has 0 atom stereocenters. The Morgan fingerprint density at radius 1 is 0.933 bits per heavy atom. The van der Waals surface area contributed by atoms with Gasteiger partial charge in [0.05, 0.1) is 35.7 Å². The number of amides is 1. The smallest absolute Gasteiger partial charge is 0.411 e. The van der Waals surface area contributed by atoms with Crippen molar-refractivity contribution in [3.05, 3.63) is 124 Å². The van der Waals surface area contributed by atoms with Crippen molar-refractivity contribution in [1.29, 1.82) is 0 Å². The molecule has 228 valence electrons. The summed E-state index contributed by atoms with van der Waals surface area (Å²) in [5, 5.41) is 13.0. The Morgan fingerprint density at radius 3 is 2.33 bits per heavy atom. The van der Waals surface area contributed by atoms with E-state index in [-0.39, 0.29) is 12.2 Å². The molecule has 2 N–H and O–H groups in total. The Labute approximate surface area is 270 Å². The van der Waals surface area contributed by atoms with Gasteiger partial charge in [-0.3, -0.25) is 5.32 Å². The SMILES string of the molecule is CCOC(=O)Nc1ccc(-c2ccc(C=Cc3nc(-c4ccc(Cl)cc4Cl)cn3Cc3ccc(C(=O)O)cc3)cc2)cc1OC. The lowest BCUT2D eigenvalue weighted by atomic mass is 10.0. The number of hydrogen-bond acceptors (Lipinski definition) is 5. The van der Waals surface area contributed by atoms with E-state index >= 15 is 0 Å². The molecule has 1 amide bonds. The number of ether oxygens (including phenoxy) is 2. The van der Waals surface area contributed by atoms with Crippen molar-refractivity contribution in [3.63, 3.8) is 0 Å². The van der Waals surface area contributed by atoms with Crippen LogP contribution in [0.5, 0.6) is 5.75 Å². The van der Waals surface area contributed by atoms with E-state index in [4.69, 9.17) is 37.7 Å². The molecule has 10 heteroatoms. The molecule has 0 fully saturated rings. The Bertz CT molecular complexity index is 1870. The van der Waals surface area contributed by atoms with Crippen LogP contribution in [0.3, 0.4) is 0 Å². The van der Waals surface area contributed by atoms with Crippen molar-refractivity contribution < 1.29 is 24.2 Å². The molecule has 4 aromatic carbocycles. The number of nitrogens with zero attached hydrogens (tertiary/aromatic N) is 2. The highest BCUT2D eigenvalue weighted by molar-refractivity contribution is 6.36. The predicted octanol–water partition coefficient (Wildman–Crippen LogP) is 9.02. The number of aromatic carboxylic acids is 1. The molecule has 5 rings (SSSR count). The summed E-state index contributed by atoms with van der Waals surface area (Å²) in [4.78, 5) is 28.0. The minimum absolute atomic E-state index is 0.226. The fourth-order valence-electron chi connectivity index (χ4n) is 4.67. The summed E-state index contributed by atoms with van der Waals surface area (Å²) in [7, 11) is 1.55. The maximum Gasteiger partial charge on any atom is 0.411 e. The van der Waals surface area contributed by atoms with Gasteiger partial charge in [-0.15, -0.1) is 0 Å². The van der Waals surface area contributed by atoms with Gasteiger partial charge in [0.1, 0.15) is 11.6 Å². The number of halogens is 2. The zero-order valence-corrected chi connectivity index (χ0v) is 26.0. The third-order valence-electron chi connectivity index (χ3n) is 6.95. The highest BCUT2D eigenvalue weighted by Gasteiger charge is 2.13. The molecule has 0 aliphatic heterocycles. The Morgan fingerprint density at radius 2 is 1.67 bits per heavy atom. The average Bonchev–Trinajstić information content (AvgIpc) is 3.42. The summed E-state index contributed by atoms with van der Waals surface area (Å²) < 4.78 is 12.4. The van der Waals surface area contributed by atoms with Gasteiger partial charge in [0.15, 0.2) is 0 Å². The molecule has 0 unspecified atom stereocenters. The van der Waals surface area contributed by atoms with Gasteiger partial charge < -0.3 is 19.1 Å². The monoisotopic (exact) mass is 641 g/mol. The number of anilines is 1. The van der Waals surface area contributed by atoms with Gasteiger partial charge >= 0.3 is 12.1 Å². The van der Waals surface area contributed by atoms with Crippen LogP contribution in [0.4, 0.5) is 10.5 Å². The van der Waals surface area contributed by atoms with Crippen molar-refractivity contribution in [2.45, 2.75) is 13.5 Å². The van der Waals surface area contributed by atoms with E-state index in [1.165, 1.54) is 0 Å². The maximum absolute atomic E-state index is 11.9. The third kappa shape index (κ3) is 7.73. The minimum Gasteiger partial charge on any atom is -0.495 e. The van der Waals surface area contributed by atoms with Gasteiger partial charge in [0.25, 0.3) is 0 Å². The molecule has 1 heterocycles. The first-order valence-corrected chi connectivity index (χ1v) is 14.7. The molecule has 5 aromatic rings. The van der Waals surface area contributed by atoms with Crippen molar-refractivity contribution in [2.24, 2.45) is 0 Å². The highest BCUT2D eigenvalue weighted by atomic mass is 35.5. The number of methoxy groups -OCH3 is 1. The zero-order chi connectivity index (χ0) is 31.9. The molecule has 0 saturated carbocycles. The van der Waals surface area contributed by atoms with Crippen LogP contribution in [-0.2, 0) is 11.3 Å². The van der Waals surface area contributed by atoms with Crippen LogP contribution in [0.25, 0.3) is 34.5 Å². The van der Waals surface area contributed by atoms with Crippen molar-refractivity contribution >= 4 is 53.1 Å². The lowest BCUT2D eigenvalue weighted by molar-refractivity contribution is 0.0696. The minimum atomic E-state index is -0.972. The predicted molar refractivity (Wildman–Crippen MR) is 178 cm³/mol. The number of rotatable bonds is 10. The van der Waals surface area contributed by atoms with Crippen LogP contribution in [0.15, 0.2) is 91.1 Å². The molecule has 0 spiro atoms. The van der Waals surface area contributed by atoms with Crippen LogP contribution in [0, 0.1) is 0 Å². The number of carboxylic acid groups (broad SMARTS) is 1. The van der Waals surface area contributed by atoms with Gasteiger partial charge in [0, 0.05) is 23.3 Å². The molecule has 1 aromatic heterocycles. The molecule has 0 aliphatic carbocycles. The number of imidazole rings is 1. The van der Waals surface area contributed by atoms with Gasteiger partial charge in [-0.25, -0.2) is 14.6 Å². The Balaban J connectivity index is 1.40. The second-order valence-electron chi connectivity index (χ2n) is 9.95. The van der Waals surface area contributed by atoms with E-state index in [1.807, 2.05) is 65.4 Å². The summed E-state index contributed by atoms with van der Waals surface area (Å²) in [6, 6.07) is 25.6. The highest BCUT2D eigenvalue weighted by Crippen LogP contribution is 2.32. The summed E-state index contributed by atoms with van der Waals surface area (Å²) >= 11 is 12.6. The number of carboxylic acids is 1. The largest absolute Gasteiger partial charge is 0.495 e.